The first-order valence-electron chi connectivity index (χ1n) is 7.26. The molecule has 1 aromatic carbocycles. The molecule has 1 aliphatic carbocycles. The molecule has 0 aromatic heterocycles. The van der Waals surface area contributed by atoms with Crippen molar-refractivity contribution in [1.29, 1.82) is 0 Å². The van der Waals surface area contributed by atoms with Crippen LogP contribution in [0.3, 0.4) is 0 Å². The number of nitrogens with two attached hydrogens (primary N) is 1. The van der Waals surface area contributed by atoms with Crippen LogP contribution in [-0.2, 0) is 0 Å². The van der Waals surface area contributed by atoms with Crippen LogP contribution >= 0.6 is 0 Å². The highest BCUT2D eigenvalue weighted by molar-refractivity contribution is 5.41. The topological polar surface area (TPSA) is 29.3 Å². The van der Waals surface area contributed by atoms with Crippen molar-refractivity contribution in [1.82, 2.24) is 4.90 Å². The van der Waals surface area contributed by atoms with Gasteiger partial charge in [0.25, 0.3) is 0 Å². The lowest BCUT2D eigenvalue weighted by Crippen LogP contribution is -2.18. The van der Waals surface area contributed by atoms with E-state index < -0.39 is 0 Å². The van der Waals surface area contributed by atoms with Crippen LogP contribution in [0.15, 0.2) is 37.0 Å². The molecule has 2 nitrogen and oxygen atoms in total. The first-order chi connectivity index (χ1) is 9.08. The minimum atomic E-state index is 0.692. The van der Waals surface area contributed by atoms with Crippen molar-refractivity contribution >= 4 is 5.69 Å². The monoisotopic (exact) mass is 260 g/mol. The van der Waals surface area contributed by atoms with Crippen LogP contribution in [0.4, 0.5) is 5.69 Å². The van der Waals surface area contributed by atoms with E-state index in [4.69, 9.17) is 5.73 Å². The Balaban J connectivity index is 0.000000258. The molecule has 0 aliphatic heterocycles. The van der Waals surface area contributed by atoms with Gasteiger partial charge < -0.3 is 10.6 Å². The van der Waals surface area contributed by atoms with Crippen LogP contribution < -0.4 is 5.73 Å². The van der Waals surface area contributed by atoms with Crippen molar-refractivity contribution in [3.05, 3.63) is 42.6 Å². The van der Waals surface area contributed by atoms with Crippen molar-refractivity contribution in [3.8, 4) is 0 Å². The van der Waals surface area contributed by atoms with Crippen molar-refractivity contribution in [2.75, 3.05) is 19.3 Å². The average molecular weight is 260 g/mol. The molecule has 2 heteroatoms. The van der Waals surface area contributed by atoms with E-state index in [-0.39, 0.29) is 0 Å². The minimum absolute atomic E-state index is 0.692. The molecule has 0 saturated heterocycles. The molecule has 1 unspecified atom stereocenters. The SMILES string of the molecule is C=CN(C)CC.CC(c1cccc(N)c1)C1CCC1. The molecule has 0 radical (unpaired) electrons. The summed E-state index contributed by atoms with van der Waals surface area (Å²) in [7, 11) is 1.99. The van der Waals surface area contributed by atoms with Gasteiger partial charge >= 0.3 is 0 Å². The summed E-state index contributed by atoms with van der Waals surface area (Å²) < 4.78 is 0. The zero-order valence-electron chi connectivity index (χ0n) is 12.6. The Hall–Kier alpha value is -1.44. The third-order valence-corrected chi connectivity index (χ3v) is 4.10. The molecule has 2 rings (SSSR count). The van der Waals surface area contributed by atoms with E-state index in [1.165, 1.54) is 24.8 Å². The van der Waals surface area contributed by atoms with E-state index in [0.29, 0.717) is 5.92 Å². The summed E-state index contributed by atoms with van der Waals surface area (Å²) in [5.41, 5.74) is 8.06. The maximum atomic E-state index is 5.76. The van der Waals surface area contributed by atoms with Gasteiger partial charge in [0.1, 0.15) is 0 Å². The molecular weight excluding hydrogens is 232 g/mol. The van der Waals surface area contributed by atoms with E-state index in [0.717, 1.165) is 18.2 Å². The lowest BCUT2D eigenvalue weighted by atomic mass is 9.74. The predicted octanol–water partition coefficient (Wildman–Crippen LogP) is 4.25. The third kappa shape index (κ3) is 4.98. The van der Waals surface area contributed by atoms with E-state index >= 15 is 0 Å². The molecule has 1 aromatic rings. The van der Waals surface area contributed by atoms with Crippen LogP contribution in [0.25, 0.3) is 0 Å². The molecule has 106 valence electrons. The van der Waals surface area contributed by atoms with Gasteiger partial charge in [-0.25, -0.2) is 0 Å². The van der Waals surface area contributed by atoms with E-state index in [9.17, 15) is 0 Å². The molecule has 0 spiro atoms. The first-order valence-corrected chi connectivity index (χ1v) is 7.26. The largest absolute Gasteiger partial charge is 0.399 e. The summed E-state index contributed by atoms with van der Waals surface area (Å²) >= 11 is 0. The smallest absolute Gasteiger partial charge is 0.0316 e. The first kappa shape index (κ1) is 15.6. The lowest BCUT2D eigenvalue weighted by Gasteiger charge is -2.31. The highest BCUT2D eigenvalue weighted by Gasteiger charge is 2.24. The van der Waals surface area contributed by atoms with Gasteiger partial charge in [0.15, 0.2) is 0 Å². The Kier molecular flexibility index (Phi) is 6.48. The second kappa shape index (κ2) is 7.88. The van der Waals surface area contributed by atoms with Gasteiger partial charge in [-0.1, -0.05) is 32.1 Å². The Morgan fingerprint density at radius 1 is 1.47 bits per heavy atom. The molecular formula is C17H28N2. The Labute approximate surface area is 118 Å². The summed E-state index contributed by atoms with van der Waals surface area (Å²) in [6.07, 6.45) is 6.02. The second-order valence-corrected chi connectivity index (χ2v) is 5.41. The molecule has 1 fully saturated rings. The summed E-state index contributed by atoms with van der Waals surface area (Å²) in [4.78, 5) is 2.01. The summed E-state index contributed by atoms with van der Waals surface area (Å²) in [5, 5.41) is 0. The molecule has 0 bridgehead atoms. The number of hydrogen-bond donors (Lipinski definition) is 1. The van der Waals surface area contributed by atoms with Gasteiger partial charge in [0, 0.05) is 19.3 Å². The Morgan fingerprint density at radius 3 is 2.53 bits per heavy atom. The van der Waals surface area contributed by atoms with Crippen LogP contribution in [0.5, 0.6) is 0 Å². The maximum absolute atomic E-state index is 5.76. The zero-order chi connectivity index (χ0) is 14.3. The number of rotatable bonds is 4. The highest BCUT2D eigenvalue weighted by atomic mass is 15.1. The molecule has 0 heterocycles. The van der Waals surface area contributed by atoms with E-state index in [1.807, 2.05) is 18.0 Å². The van der Waals surface area contributed by atoms with Crippen molar-refractivity contribution in [3.63, 3.8) is 0 Å². The van der Waals surface area contributed by atoms with E-state index in [1.54, 1.807) is 6.20 Å². The average Bonchev–Trinajstić information content (AvgIpc) is 2.36. The Morgan fingerprint density at radius 2 is 2.16 bits per heavy atom. The lowest BCUT2D eigenvalue weighted by molar-refractivity contribution is 0.272. The van der Waals surface area contributed by atoms with Crippen molar-refractivity contribution in [2.45, 2.75) is 39.0 Å². The van der Waals surface area contributed by atoms with Gasteiger partial charge in [-0.05, 0) is 55.5 Å². The fraction of sp³-hybridized carbons (Fsp3) is 0.529. The minimum Gasteiger partial charge on any atom is -0.399 e. The van der Waals surface area contributed by atoms with Gasteiger partial charge in [0.2, 0.25) is 0 Å². The molecule has 2 N–H and O–H groups in total. The molecule has 1 atom stereocenters. The summed E-state index contributed by atoms with van der Waals surface area (Å²) in [6.45, 7) is 9.01. The summed E-state index contributed by atoms with van der Waals surface area (Å²) in [5.74, 6) is 1.60. The van der Waals surface area contributed by atoms with Crippen molar-refractivity contribution < 1.29 is 0 Å². The third-order valence-electron chi connectivity index (χ3n) is 4.10. The molecule has 1 aliphatic rings. The quantitative estimate of drug-likeness (QED) is 0.820. The number of anilines is 1. The second-order valence-electron chi connectivity index (χ2n) is 5.41. The summed E-state index contributed by atoms with van der Waals surface area (Å²) in [6, 6.07) is 8.32. The number of hydrogen-bond acceptors (Lipinski definition) is 2. The number of nitrogens with zero attached hydrogens (tertiary/aromatic N) is 1. The van der Waals surface area contributed by atoms with Gasteiger partial charge in [-0.15, -0.1) is 0 Å². The fourth-order valence-electron chi connectivity index (χ4n) is 2.18. The van der Waals surface area contributed by atoms with Crippen LogP contribution in [0.2, 0.25) is 0 Å². The Bertz CT molecular complexity index is 383. The van der Waals surface area contributed by atoms with Crippen LogP contribution in [-0.4, -0.2) is 18.5 Å². The van der Waals surface area contributed by atoms with Crippen LogP contribution in [0, 0.1) is 5.92 Å². The standard InChI is InChI=1S/C12H17N.C5H11N/c1-9(10-4-2-5-10)11-6-3-7-12(13)8-11;1-4-6(3)5-2/h3,6-10H,2,4-5,13H2,1H3;4H,1,5H2,2-3H3. The number of benzene rings is 1. The fourth-order valence-corrected chi connectivity index (χ4v) is 2.18. The van der Waals surface area contributed by atoms with Gasteiger partial charge in [-0.3, -0.25) is 0 Å². The normalized spacial score (nSPS) is 15.7. The number of nitrogen functional groups attached to an aromatic ring is 1. The highest BCUT2D eigenvalue weighted by Crippen LogP contribution is 2.39. The molecule has 19 heavy (non-hydrogen) atoms. The predicted molar refractivity (Wildman–Crippen MR) is 85.1 cm³/mol. The molecule has 1 saturated carbocycles. The zero-order valence-corrected chi connectivity index (χ0v) is 12.6. The van der Waals surface area contributed by atoms with Gasteiger partial charge in [0.05, 0.1) is 0 Å². The molecule has 0 amide bonds. The van der Waals surface area contributed by atoms with Crippen LogP contribution in [0.1, 0.15) is 44.6 Å². The van der Waals surface area contributed by atoms with Crippen molar-refractivity contribution in [2.24, 2.45) is 5.92 Å². The van der Waals surface area contributed by atoms with E-state index in [2.05, 4.69) is 38.6 Å². The van der Waals surface area contributed by atoms with Gasteiger partial charge in [-0.2, -0.15) is 0 Å². The maximum Gasteiger partial charge on any atom is 0.0316 e.